The molecule has 2 aromatic rings. The second kappa shape index (κ2) is 4.05. The van der Waals surface area contributed by atoms with Gasteiger partial charge in [0.05, 0.1) is 18.1 Å². The first-order valence-electron chi connectivity index (χ1n) is 4.29. The minimum atomic E-state index is 0.253. The fourth-order valence-corrected chi connectivity index (χ4v) is 1.30. The van der Waals surface area contributed by atoms with Crippen LogP contribution in [0.2, 0.25) is 0 Å². The van der Waals surface area contributed by atoms with Crippen LogP contribution < -0.4 is 11.1 Å². The van der Waals surface area contributed by atoms with Crippen LogP contribution in [-0.2, 0) is 0 Å². The van der Waals surface area contributed by atoms with E-state index in [1.165, 1.54) is 0 Å². The van der Waals surface area contributed by atoms with Crippen LogP contribution in [0, 0.1) is 0 Å². The fourth-order valence-electron chi connectivity index (χ4n) is 1.19. The lowest BCUT2D eigenvalue weighted by atomic mass is 10.3. The molecule has 2 rings (SSSR count). The van der Waals surface area contributed by atoms with E-state index in [1.54, 1.807) is 17.1 Å². The Labute approximate surface area is 91.9 Å². The summed E-state index contributed by atoms with van der Waals surface area (Å²) in [7, 11) is 0. The standard InChI is InChI=1S/C9H9N5S/c10-9(15)12-7-1-3-8(4-2-7)14-6-5-11-13-14/h1-6H,(H3,10,12,15). The van der Waals surface area contributed by atoms with Crippen LogP contribution in [-0.4, -0.2) is 20.1 Å². The number of nitrogens with one attached hydrogen (secondary N) is 1. The number of aromatic nitrogens is 3. The highest BCUT2D eigenvalue weighted by Gasteiger charge is 1.97. The molecule has 76 valence electrons. The van der Waals surface area contributed by atoms with Gasteiger partial charge < -0.3 is 11.1 Å². The molecule has 0 atom stereocenters. The molecule has 1 aromatic carbocycles. The van der Waals surface area contributed by atoms with Crippen molar-refractivity contribution in [2.45, 2.75) is 0 Å². The monoisotopic (exact) mass is 219 g/mol. The molecule has 0 aliphatic rings. The first-order chi connectivity index (χ1) is 7.25. The summed E-state index contributed by atoms with van der Waals surface area (Å²) in [4.78, 5) is 0. The maximum atomic E-state index is 5.35. The lowest BCUT2D eigenvalue weighted by Crippen LogP contribution is -2.18. The average molecular weight is 219 g/mol. The molecule has 6 heteroatoms. The van der Waals surface area contributed by atoms with Crippen LogP contribution in [0.25, 0.3) is 5.69 Å². The number of hydrogen-bond donors (Lipinski definition) is 2. The van der Waals surface area contributed by atoms with Crippen LogP contribution in [0.3, 0.4) is 0 Å². The molecule has 0 bridgehead atoms. The van der Waals surface area contributed by atoms with Crippen molar-refractivity contribution in [1.82, 2.24) is 15.0 Å². The highest BCUT2D eigenvalue weighted by atomic mass is 32.1. The van der Waals surface area contributed by atoms with Gasteiger partial charge in [-0.2, -0.15) is 0 Å². The number of nitrogens with zero attached hydrogens (tertiary/aromatic N) is 3. The summed E-state index contributed by atoms with van der Waals surface area (Å²) < 4.78 is 1.67. The molecule has 0 aliphatic heterocycles. The quantitative estimate of drug-likeness (QED) is 0.735. The predicted octanol–water partition coefficient (Wildman–Crippen LogP) is 0.923. The molecular weight excluding hydrogens is 210 g/mol. The van der Waals surface area contributed by atoms with Crippen molar-refractivity contribution in [3.63, 3.8) is 0 Å². The first-order valence-corrected chi connectivity index (χ1v) is 4.70. The number of nitrogens with two attached hydrogens (primary N) is 1. The molecule has 3 N–H and O–H groups in total. The summed E-state index contributed by atoms with van der Waals surface area (Å²) in [5.41, 5.74) is 7.13. The molecule has 0 aliphatic carbocycles. The Morgan fingerprint density at radius 3 is 2.60 bits per heavy atom. The highest BCUT2D eigenvalue weighted by molar-refractivity contribution is 7.80. The summed E-state index contributed by atoms with van der Waals surface area (Å²) in [6.07, 6.45) is 3.40. The Hall–Kier alpha value is -1.95. The van der Waals surface area contributed by atoms with E-state index < -0.39 is 0 Å². The molecule has 5 nitrogen and oxygen atoms in total. The molecule has 0 fully saturated rings. The predicted molar refractivity (Wildman–Crippen MR) is 61.8 cm³/mol. The van der Waals surface area contributed by atoms with Crippen molar-refractivity contribution in [3.05, 3.63) is 36.7 Å². The molecule has 0 amide bonds. The number of rotatable bonds is 2. The molecular formula is C9H9N5S. The number of anilines is 1. The van der Waals surface area contributed by atoms with Gasteiger partial charge in [-0.3, -0.25) is 0 Å². The van der Waals surface area contributed by atoms with Crippen LogP contribution in [0.4, 0.5) is 5.69 Å². The zero-order valence-corrected chi connectivity index (χ0v) is 8.61. The van der Waals surface area contributed by atoms with Crippen LogP contribution in [0.15, 0.2) is 36.7 Å². The van der Waals surface area contributed by atoms with Gasteiger partial charge in [0.2, 0.25) is 0 Å². The summed E-state index contributed by atoms with van der Waals surface area (Å²) >= 11 is 4.73. The Kier molecular flexibility index (Phi) is 2.59. The van der Waals surface area contributed by atoms with Gasteiger partial charge in [0, 0.05) is 5.69 Å². The van der Waals surface area contributed by atoms with E-state index in [1.807, 2.05) is 24.3 Å². The van der Waals surface area contributed by atoms with Gasteiger partial charge in [-0.15, -0.1) is 5.10 Å². The number of thiocarbonyl (C=S) groups is 1. The molecule has 1 heterocycles. The summed E-state index contributed by atoms with van der Waals surface area (Å²) in [5.74, 6) is 0. The Balaban J connectivity index is 2.21. The molecule has 0 saturated heterocycles. The molecule has 0 radical (unpaired) electrons. The topological polar surface area (TPSA) is 68.8 Å². The number of benzene rings is 1. The molecule has 1 aromatic heterocycles. The minimum absolute atomic E-state index is 0.253. The second-order valence-electron chi connectivity index (χ2n) is 2.88. The van der Waals surface area contributed by atoms with Gasteiger partial charge in [-0.05, 0) is 36.5 Å². The maximum absolute atomic E-state index is 5.35. The maximum Gasteiger partial charge on any atom is 0.168 e. The Bertz CT molecular complexity index is 448. The van der Waals surface area contributed by atoms with Crippen molar-refractivity contribution < 1.29 is 0 Å². The van der Waals surface area contributed by atoms with Crippen molar-refractivity contribution >= 4 is 23.0 Å². The third kappa shape index (κ3) is 2.29. The van der Waals surface area contributed by atoms with E-state index in [9.17, 15) is 0 Å². The Morgan fingerprint density at radius 2 is 2.07 bits per heavy atom. The molecule has 15 heavy (non-hydrogen) atoms. The zero-order valence-electron chi connectivity index (χ0n) is 7.79. The smallest absolute Gasteiger partial charge is 0.168 e. The van der Waals surface area contributed by atoms with E-state index in [4.69, 9.17) is 18.0 Å². The zero-order chi connectivity index (χ0) is 10.7. The largest absolute Gasteiger partial charge is 0.376 e. The average Bonchev–Trinajstić information content (AvgIpc) is 2.71. The van der Waals surface area contributed by atoms with E-state index in [0.29, 0.717) is 0 Å². The van der Waals surface area contributed by atoms with Crippen molar-refractivity contribution in [2.75, 3.05) is 5.32 Å². The van der Waals surface area contributed by atoms with Gasteiger partial charge in [-0.25, -0.2) is 4.68 Å². The molecule has 0 saturated carbocycles. The minimum Gasteiger partial charge on any atom is -0.376 e. The molecule has 0 spiro atoms. The Morgan fingerprint density at radius 1 is 1.33 bits per heavy atom. The van der Waals surface area contributed by atoms with Crippen molar-refractivity contribution in [3.8, 4) is 5.69 Å². The van der Waals surface area contributed by atoms with Gasteiger partial charge >= 0.3 is 0 Å². The first kappa shape index (κ1) is 9.60. The van der Waals surface area contributed by atoms with Crippen molar-refractivity contribution in [1.29, 1.82) is 0 Å². The van der Waals surface area contributed by atoms with E-state index in [0.717, 1.165) is 11.4 Å². The lowest BCUT2D eigenvalue weighted by molar-refractivity contribution is 0.803. The van der Waals surface area contributed by atoms with Gasteiger partial charge in [0.15, 0.2) is 5.11 Å². The normalized spacial score (nSPS) is 9.87. The lowest BCUT2D eigenvalue weighted by Gasteiger charge is -2.04. The fraction of sp³-hybridized carbons (Fsp3) is 0. The van der Waals surface area contributed by atoms with Crippen molar-refractivity contribution in [2.24, 2.45) is 5.73 Å². The van der Waals surface area contributed by atoms with E-state index in [2.05, 4.69) is 15.6 Å². The summed E-state index contributed by atoms with van der Waals surface area (Å²) in [6.45, 7) is 0. The summed E-state index contributed by atoms with van der Waals surface area (Å²) in [6, 6.07) is 7.54. The number of hydrogen-bond acceptors (Lipinski definition) is 3. The summed E-state index contributed by atoms with van der Waals surface area (Å²) in [5, 5.41) is 10.7. The van der Waals surface area contributed by atoms with Crippen LogP contribution >= 0.6 is 12.2 Å². The molecule has 0 unspecified atom stereocenters. The van der Waals surface area contributed by atoms with Crippen LogP contribution in [0.1, 0.15) is 0 Å². The highest BCUT2D eigenvalue weighted by Crippen LogP contribution is 2.11. The van der Waals surface area contributed by atoms with Gasteiger partial charge in [-0.1, -0.05) is 5.21 Å². The third-order valence-electron chi connectivity index (χ3n) is 1.82. The van der Waals surface area contributed by atoms with E-state index >= 15 is 0 Å². The van der Waals surface area contributed by atoms with Gasteiger partial charge in [0.25, 0.3) is 0 Å². The second-order valence-corrected chi connectivity index (χ2v) is 3.32. The van der Waals surface area contributed by atoms with E-state index in [-0.39, 0.29) is 5.11 Å². The van der Waals surface area contributed by atoms with Gasteiger partial charge in [0.1, 0.15) is 0 Å². The van der Waals surface area contributed by atoms with Crippen LogP contribution in [0.5, 0.6) is 0 Å². The SMILES string of the molecule is NC(=S)Nc1ccc(-n2ccnn2)cc1. The third-order valence-corrected chi connectivity index (χ3v) is 1.92.